The lowest BCUT2D eigenvalue weighted by atomic mass is 9.98. The number of aromatic nitrogens is 7. The van der Waals surface area contributed by atoms with Crippen molar-refractivity contribution < 1.29 is 22.3 Å². The first kappa shape index (κ1) is 24.5. The van der Waals surface area contributed by atoms with Crippen LogP contribution in [0.15, 0.2) is 24.4 Å². The molecule has 4 aromatic rings. The van der Waals surface area contributed by atoms with Crippen LogP contribution in [0.2, 0.25) is 0 Å². The van der Waals surface area contributed by atoms with Gasteiger partial charge in [0.1, 0.15) is 17.6 Å². The van der Waals surface area contributed by atoms with E-state index >= 15 is 8.78 Å². The third kappa shape index (κ3) is 4.62. The van der Waals surface area contributed by atoms with Gasteiger partial charge in [-0.25, -0.2) is 31.7 Å². The highest BCUT2D eigenvalue weighted by Gasteiger charge is 2.47. The van der Waals surface area contributed by atoms with Crippen molar-refractivity contribution in [2.75, 3.05) is 36.9 Å². The molecule has 2 N–H and O–H groups in total. The fourth-order valence-electron chi connectivity index (χ4n) is 5.12. The molecule has 206 valence electrons. The Morgan fingerprint density at radius 1 is 1.08 bits per heavy atom. The number of rotatable bonds is 8. The molecule has 0 unspecified atom stereocenters. The standard InChI is InChI=1S/C24H26F4N10O/c25-19(26)9-38-22-17(33-35-38)4-3-16(30-22)15-5-8-37-20(15)21(29-13-1-2-13)32-23(34-37)31-18-6-7-36(12-24(18,27)28)14-10-39-11-14/h3-5,8,13-14,18-19H,1-2,6-7,9-12H2,(H2,29,31,32,34)/t18-/m1/s1. The molecule has 0 radical (unpaired) electrons. The van der Waals surface area contributed by atoms with Crippen LogP contribution in [0, 0.1) is 0 Å². The van der Waals surface area contributed by atoms with Crippen LogP contribution in [0.5, 0.6) is 0 Å². The van der Waals surface area contributed by atoms with E-state index in [-0.39, 0.29) is 36.6 Å². The lowest BCUT2D eigenvalue weighted by Gasteiger charge is -2.44. The number of piperidine rings is 1. The van der Waals surface area contributed by atoms with E-state index in [4.69, 9.17) is 4.74 Å². The van der Waals surface area contributed by atoms with Gasteiger partial charge in [-0.3, -0.25) is 4.90 Å². The lowest BCUT2D eigenvalue weighted by Crippen LogP contribution is -2.61. The number of alkyl halides is 4. The maximum absolute atomic E-state index is 15.1. The summed E-state index contributed by atoms with van der Waals surface area (Å²) < 4.78 is 64.1. The van der Waals surface area contributed by atoms with Crippen molar-refractivity contribution in [2.24, 2.45) is 0 Å². The Kier molecular flexibility index (Phi) is 5.80. The number of fused-ring (bicyclic) bond motifs is 2. The maximum Gasteiger partial charge on any atom is 0.280 e. The third-order valence-electron chi connectivity index (χ3n) is 7.44. The summed E-state index contributed by atoms with van der Waals surface area (Å²) in [7, 11) is 0. The number of likely N-dealkylation sites (tertiary alicyclic amines) is 1. The number of ether oxygens (including phenoxy) is 1. The predicted molar refractivity (Wildman–Crippen MR) is 133 cm³/mol. The summed E-state index contributed by atoms with van der Waals surface area (Å²) in [5, 5.41) is 18.5. The van der Waals surface area contributed by atoms with Gasteiger partial charge in [0.25, 0.3) is 12.3 Å². The summed E-state index contributed by atoms with van der Waals surface area (Å²) >= 11 is 0. The van der Waals surface area contributed by atoms with Crippen LogP contribution in [0.4, 0.5) is 29.3 Å². The highest BCUT2D eigenvalue weighted by molar-refractivity contribution is 5.89. The zero-order chi connectivity index (χ0) is 26.7. The predicted octanol–water partition coefficient (Wildman–Crippen LogP) is 2.90. The molecule has 6 heterocycles. The van der Waals surface area contributed by atoms with E-state index in [1.54, 1.807) is 33.8 Å². The summed E-state index contributed by atoms with van der Waals surface area (Å²) in [5.74, 6) is -2.38. The monoisotopic (exact) mass is 546 g/mol. The van der Waals surface area contributed by atoms with E-state index in [1.807, 2.05) is 0 Å². The van der Waals surface area contributed by atoms with Gasteiger partial charge >= 0.3 is 0 Å². The number of halogens is 4. The molecule has 4 aromatic heterocycles. The quantitative estimate of drug-likeness (QED) is 0.323. The van der Waals surface area contributed by atoms with Gasteiger partial charge in [0.2, 0.25) is 5.95 Å². The van der Waals surface area contributed by atoms with Crippen molar-refractivity contribution in [1.82, 2.24) is 39.5 Å². The molecule has 11 nitrogen and oxygen atoms in total. The zero-order valence-electron chi connectivity index (χ0n) is 20.8. The minimum Gasteiger partial charge on any atom is -0.378 e. The Balaban J connectivity index is 1.21. The molecular weight excluding hydrogens is 520 g/mol. The van der Waals surface area contributed by atoms with Crippen molar-refractivity contribution in [3.05, 3.63) is 24.4 Å². The van der Waals surface area contributed by atoms with Crippen LogP contribution in [0.1, 0.15) is 19.3 Å². The van der Waals surface area contributed by atoms with Gasteiger partial charge in [-0.2, -0.15) is 4.98 Å². The molecule has 0 bridgehead atoms. The minimum absolute atomic E-state index is 0.0506. The van der Waals surface area contributed by atoms with Crippen LogP contribution in [-0.2, 0) is 11.3 Å². The first-order valence-electron chi connectivity index (χ1n) is 12.9. The molecule has 1 atom stereocenters. The van der Waals surface area contributed by atoms with Gasteiger partial charge < -0.3 is 15.4 Å². The van der Waals surface area contributed by atoms with Gasteiger partial charge in [0.05, 0.1) is 37.5 Å². The van der Waals surface area contributed by atoms with E-state index in [0.29, 0.717) is 47.9 Å². The molecule has 7 rings (SSSR count). The second-order valence-electron chi connectivity index (χ2n) is 10.3. The molecule has 1 saturated carbocycles. The zero-order valence-corrected chi connectivity index (χ0v) is 20.8. The number of nitrogens with zero attached hydrogens (tertiary/aromatic N) is 8. The summed E-state index contributed by atoms with van der Waals surface area (Å²) in [6.07, 6.45) is 1.29. The SMILES string of the molecule is FC(F)Cn1nnc2ccc(-c3ccn4nc(N[C@@H]5CCN(C6COC6)CC5(F)F)nc(NC5CC5)c34)nc21. The van der Waals surface area contributed by atoms with Crippen molar-refractivity contribution in [3.63, 3.8) is 0 Å². The molecule has 3 aliphatic rings. The summed E-state index contributed by atoms with van der Waals surface area (Å²) in [4.78, 5) is 11.0. The van der Waals surface area contributed by atoms with Crippen LogP contribution >= 0.6 is 0 Å². The molecular formula is C24H26F4N10O. The fourth-order valence-corrected chi connectivity index (χ4v) is 5.12. The number of hydrogen-bond acceptors (Lipinski definition) is 9. The van der Waals surface area contributed by atoms with Crippen LogP contribution < -0.4 is 10.6 Å². The molecule has 1 aliphatic carbocycles. The second-order valence-corrected chi connectivity index (χ2v) is 10.3. The van der Waals surface area contributed by atoms with Gasteiger partial charge in [0, 0.05) is 24.3 Å². The average molecular weight is 547 g/mol. The van der Waals surface area contributed by atoms with E-state index < -0.39 is 24.9 Å². The Morgan fingerprint density at radius 2 is 1.92 bits per heavy atom. The van der Waals surface area contributed by atoms with E-state index in [1.165, 1.54) is 0 Å². The largest absolute Gasteiger partial charge is 0.378 e. The Morgan fingerprint density at radius 3 is 2.64 bits per heavy atom. The molecule has 2 saturated heterocycles. The number of nitrogens with one attached hydrogen (secondary N) is 2. The van der Waals surface area contributed by atoms with Gasteiger partial charge in [-0.1, -0.05) is 5.21 Å². The lowest BCUT2D eigenvalue weighted by molar-refractivity contribution is -0.131. The van der Waals surface area contributed by atoms with Crippen LogP contribution in [-0.4, -0.2) is 96.3 Å². The molecule has 0 spiro atoms. The molecule has 0 amide bonds. The van der Waals surface area contributed by atoms with Gasteiger partial charge in [-0.15, -0.1) is 10.2 Å². The second kappa shape index (κ2) is 9.26. The summed E-state index contributed by atoms with van der Waals surface area (Å²) in [6.45, 7) is 0.566. The Labute approximate surface area is 219 Å². The normalized spacial score (nSPS) is 22.0. The first-order chi connectivity index (χ1) is 18.8. The number of hydrogen-bond donors (Lipinski definition) is 2. The summed E-state index contributed by atoms with van der Waals surface area (Å²) in [5.41, 5.74) is 2.42. The van der Waals surface area contributed by atoms with Crippen molar-refractivity contribution in [2.45, 2.75) is 56.3 Å². The van der Waals surface area contributed by atoms with Crippen molar-refractivity contribution in [3.8, 4) is 11.3 Å². The number of pyridine rings is 1. The van der Waals surface area contributed by atoms with E-state index in [9.17, 15) is 8.78 Å². The molecule has 3 fully saturated rings. The first-order valence-corrected chi connectivity index (χ1v) is 12.9. The smallest absolute Gasteiger partial charge is 0.280 e. The van der Waals surface area contributed by atoms with Crippen LogP contribution in [0.3, 0.4) is 0 Å². The fraction of sp³-hybridized carbons (Fsp3) is 0.542. The average Bonchev–Trinajstić information content (AvgIpc) is 3.43. The Bertz CT molecular complexity index is 1520. The highest BCUT2D eigenvalue weighted by atomic mass is 19.3. The maximum atomic E-state index is 15.1. The molecule has 39 heavy (non-hydrogen) atoms. The van der Waals surface area contributed by atoms with Crippen molar-refractivity contribution >= 4 is 28.4 Å². The van der Waals surface area contributed by atoms with Crippen molar-refractivity contribution in [1.29, 1.82) is 0 Å². The Hall–Kier alpha value is -3.59. The molecule has 2 aliphatic heterocycles. The molecule has 15 heteroatoms. The highest BCUT2D eigenvalue weighted by Crippen LogP contribution is 2.35. The van der Waals surface area contributed by atoms with Gasteiger partial charge in [0.15, 0.2) is 11.5 Å². The van der Waals surface area contributed by atoms with E-state index in [2.05, 4.69) is 36.0 Å². The number of anilines is 2. The van der Waals surface area contributed by atoms with Crippen LogP contribution in [0.25, 0.3) is 27.9 Å². The summed E-state index contributed by atoms with van der Waals surface area (Å²) in [6, 6.07) is 4.35. The van der Waals surface area contributed by atoms with E-state index in [0.717, 1.165) is 17.5 Å². The third-order valence-corrected chi connectivity index (χ3v) is 7.44. The minimum atomic E-state index is -2.97. The topological polar surface area (TPSA) is 110 Å². The van der Waals surface area contributed by atoms with Gasteiger partial charge in [-0.05, 0) is 37.5 Å². The molecule has 0 aromatic carbocycles.